The molecule has 2 aliphatic heterocycles. The quantitative estimate of drug-likeness (QED) is 0.239. The first-order valence-corrected chi connectivity index (χ1v) is 14.9. The predicted octanol–water partition coefficient (Wildman–Crippen LogP) is 6.66. The van der Waals surface area contributed by atoms with Crippen LogP contribution in [0.2, 0.25) is 0 Å². The molecular formula is C33H35F3N2O4S. The highest BCUT2D eigenvalue weighted by atomic mass is 32.2. The second kappa shape index (κ2) is 14.0. The highest BCUT2D eigenvalue weighted by Crippen LogP contribution is 2.44. The van der Waals surface area contributed by atoms with Crippen molar-refractivity contribution < 1.29 is 32.1 Å². The largest absolute Gasteiger partial charge is 0.497 e. The Morgan fingerprint density at radius 3 is 1.98 bits per heavy atom. The number of allylic oxidation sites excluding steroid dienone is 1. The van der Waals surface area contributed by atoms with Crippen molar-refractivity contribution in [3.05, 3.63) is 113 Å². The van der Waals surface area contributed by atoms with Crippen molar-refractivity contribution in [2.24, 2.45) is 4.99 Å². The van der Waals surface area contributed by atoms with E-state index in [1.54, 1.807) is 31.4 Å². The Bertz CT molecular complexity index is 1380. The Kier molecular flexibility index (Phi) is 10.1. The smallest absolute Gasteiger partial charge is 0.414 e. The summed E-state index contributed by atoms with van der Waals surface area (Å²) in [5, 5.41) is 0.668. The van der Waals surface area contributed by atoms with Gasteiger partial charge >= 0.3 is 6.18 Å². The van der Waals surface area contributed by atoms with E-state index < -0.39 is 41.5 Å². The van der Waals surface area contributed by atoms with Gasteiger partial charge < -0.3 is 23.8 Å². The zero-order valence-electron chi connectivity index (χ0n) is 24.2. The highest BCUT2D eigenvalue weighted by Gasteiger charge is 2.55. The average molecular weight is 613 g/mol. The standard InChI is InChI=1S/C33H35F3N2O4S/c1-38(2)32-37-27-29(40-20-23-10-6-4-7-11-23)30(41-21-24-12-8-5-9-13-24)28(42-31(27)43-32)26(33(34,35)36)19-16-22-14-17-25(39-3)18-15-22/h4-15,17-19,27-31H,16,20-21H2,1-3H3/t27-,28-,29-,30-,31-/m1/s1. The molecule has 0 saturated carbocycles. The molecule has 0 bridgehead atoms. The van der Waals surface area contributed by atoms with Crippen molar-refractivity contribution in [2.75, 3.05) is 21.2 Å². The lowest BCUT2D eigenvalue weighted by atomic mass is 9.91. The van der Waals surface area contributed by atoms with Gasteiger partial charge in [-0.15, -0.1) is 0 Å². The molecule has 0 unspecified atom stereocenters. The summed E-state index contributed by atoms with van der Waals surface area (Å²) < 4.78 is 68.9. The van der Waals surface area contributed by atoms with E-state index in [0.29, 0.717) is 16.5 Å². The van der Waals surface area contributed by atoms with Crippen molar-refractivity contribution in [2.45, 2.75) is 55.6 Å². The van der Waals surface area contributed by atoms with Crippen LogP contribution in [-0.2, 0) is 33.8 Å². The number of fused-ring (bicyclic) bond motifs is 1. The average Bonchev–Trinajstić information content (AvgIpc) is 3.44. The Labute approximate surface area is 254 Å². The van der Waals surface area contributed by atoms with Gasteiger partial charge in [0.15, 0.2) is 5.17 Å². The number of nitrogens with zero attached hydrogens (tertiary/aromatic N) is 2. The Morgan fingerprint density at radius 2 is 1.44 bits per heavy atom. The van der Waals surface area contributed by atoms with Gasteiger partial charge in [-0.2, -0.15) is 13.2 Å². The molecule has 0 amide bonds. The van der Waals surface area contributed by atoms with Crippen LogP contribution in [0.25, 0.3) is 0 Å². The van der Waals surface area contributed by atoms with Gasteiger partial charge in [-0.1, -0.05) is 90.6 Å². The first kappa shape index (κ1) is 31.1. The predicted molar refractivity (Wildman–Crippen MR) is 162 cm³/mol. The fraction of sp³-hybridized carbons (Fsp3) is 0.364. The molecule has 3 aromatic rings. The van der Waals surface area contributed by atoms with Gasteiger partial charge in [-0.25, -0.2) is 0 Å². The number of hydrogen-bond acceptors (Lipinski definition) is 7. The number of alkyl halides is 3. The highest BCUT2D eigenvalue weighted by molar-refractivity contribution is 8.14. The maximum absolute atomic E-state index is 14.9. The van der Waals surface area contributed by atoms with Gasteiger partial charge in [0.2, 0.25) is 0 Å². The molecule has 5 rings (SSSR count). The van der Waals surface area contributed by atoms with E-state index in [9.17, 15) is 13.2 Å². The fourth-order valence-electron chi connectivity index (χ4n) is 5.08. The molecule has 228 valence electrons. The maximum atomic E-state index is 14.9. The van der Waals surface area contributed by atoms with Crippen molar-refractivity contribution in [3.63, 3.8) is 0 Å². The molecule has 1 fully saturated rings. The second-order valence-electron chi connectivity index (χ2n) is 10.6. The Morgan fingerprint density at radius 1 is 0.860 bits per heavy atom. The number of benzene rings is 3. The molecule has 43 heavy (non-hydrogen) atoms. The maximum Gasteiger partial charge on any atom is 0.414 e. The first-order chi connectivity index (χ1) is 20.7. The SMILES string of the molecule is COc1ccc(CC=C([C@H]2O[C@@H]3SC(N(C)C)=N[C@@H]3[C@@H](OCc3ccccc3)[C@@H]2OCc2ccccc2)C(F)(F)F)cc1. The number of methoxy groups -OCH3 is 1. The monoisotopic (exact) mass is 612 g/mol. The minimum absolute atomic E-state index is 0.0559. The third-order valence-corrected chi connectivity index (χ3v) is 8.61. The van der Waals surface area contributed by atoms with Crippen molar-refractivity contribution in [1.29, 1.82) is 0 Å². The summed E-state index contributed by atoms with van der Waals surface area (Å²) in [4.78, 5) is 6.67. The summed E-state index contributed by atoms with van der Waals surface area (Å²) in [5.74, 6) is 0.633. The van der Waals surface area contributed by atoms with E-state index >= 15 is 0 Å². The van der Waals surface area contributed by atoms with E-state index in [4.69, 9.17) is 23.9 Å². The minimum Gasteiger partial charge on any atom is -0.497 e. The normalized spacial score (nSPS) is 23.9. The van der Waals surface area contributed by atoms with Gasteiger partial charge in [-0.3, -0.25) is 4.99 Å². The van der Waals surface area contributed by atoms with Crippen LogP contribution < -0.4 is 4.74 Å². The summed E-state index contributed by atoms with van der Waals surface area (Å²) in [6, 6.07) is 25.3. The molecule has 0 aromatic heterocycles. The zero-order chi connectivity index (χ0) is 30.4. The van der Waals surface area contributed by atoms with Crippen LogP contribution in [0.15, 0.2) is 102 Å². The number of aliphatic imine (C=N–C) groups is 1. The van der Waals surface area contributed by atoms with Gasteiger partial charge in [0.1, 0.15) is 35.5 Å². The molecular weight excluding hydrogens is 577 g/mol. The van der Waals surface area contributed by atoms with Gasteiger partial charge in [0.05, 0.1) is 25.9 Å². The second-order valence-corrected chi connectivity index (χ2v) is 11.6. The lowest BCUT2D eigenvalue weighted by Gasteiger charge is -2.44. The van der Waals surface area contributed by atoms with E-state index in [1.807, 2.05) is 79.7 Å². The summed E-state index contributed by atoms with van der Waals surface area (Å²) in [5.41, 5.74) is 0.971. The number of ether oxygens (including phenoxy) is 4. The molecule has 3 aromatic carbocycles. The Balaban J connectivity index is 1.52. The van der Waals surface area contributed by atoms with Gasteiger partial charge in [0, 0.05) is 14.1 Å². The van der Waals surface area contributed by atoms with Crippen LogP contribution in [0.4, 0.5) is 13.2 Å². The van der Waals surface area contributed by atoms with E-state index in [2.05, 4.69) is 0 Å². The van der Waals surface area contributed by atoms with E-state index in [-0.39, 0.29) is 19.6 Å². The van der Waals surface area contributed by atoms with Crippen LogP contribution >= 0.6 is 11.8 Å². The molecule has 0 aliphatic carbocycles. The van der Waals surface area contributed by atoms with Gasteiger partial charge in [-0.05, 0) is 35.2 Å². The number of thioether (sulfide) groups is 1. The summed E-state index contributed by atoms with van der Waals surface area (Å²) >= 11 is 1.30. The van der Waals surface area contributed by atoms with Crippen molar-refractivity contribution in [3.8, 4) is 5.75 Å². The van der Waals surface area contributed by atoms with Crippen molar-refractivity contribution in [1.82, 2.24) is 4.90 Å². The molecule has 0 spiro atoms. The van der Waals surface area contributed by atoms with E-state index in [1.165, 1.54) is 17.8 Å². The molecule has 0 radical (unpaired) electrons. The minimum atomic E-state index is -4.67. The molecule has 2 heterocycles. The fourth-order valence-corrected chi connectivity index (χ4v) is 6.21. The third kappa shape index (κ3) is 7.80. The summed E-state index contributed by atoms with van der Waals surface area (Å²) in [6.07, 6.45) is -6.73. The zero-order valence-corrected chi connectivity index (χ0v) is 25.1. The number of amidine groups is 1. The molecule has 6 nitrogen and oxygen atoms in total. The van der Waals surface area contributed by atoms with Crippen LogP contribution in [-0.4, -0.2) is 67.2 Å². The molecule has 10 heteroatoms. The van der Waals surface area contributed by atoms with E-state index in [0.717, 1.165) is 11.1 Å². The molecule has 2 aliphatic rings. The Hall–Kier alpha value is -3.31. The van der Waals surface area contributed by atoms with Crippen molar-refractivity contribution >= 4 is 16.9 Å². The van der Waals surface area contributed by atoms with Crippen LogP contribution in [0.3, 0.4) is 0 Å². The lowest BCUT2D eigenvalue weighted by Crippen LogP contribution is -2.58. The van der Waals surface area contributed by atoms with Gasteiger partial charge in [0.25, 0.3) is 0 Å². The number of hydrogen-bond donors (Lipinski definition) is 0. The first-order valence-electron chi connectivity index (χ1n) is 14.0. The third-order valence-electron chi connectivity index (χ3n) is 7.30. The topological polar surface area (TPSA) is 52.5 Å². The van der Waals surface area contributed by atoms with Crippen LogP contribution in [0.5, 0.6) is 5.75 Å². The summed E-state index contributed by atoms with van der Waals surface area (Å²) in [6.45, 7) is 0.288. The number of rotatable bonds is 10. The molecule has 5 atom stereocenters. The van der Waals surface area contributed by atoms with Crippen LogP contribution in [0, 0.1) is 0 Å². The lowest BCUT2D eigenvalue weighted by molar-refractivity contribution is -0.204. The molecule has 1 saturated heterocycles. The number of halogens is 3. The van der Waals surface area contributed by atoms with Crippen LogP contribution in [0.1, 0.15) is 16.7 Å². The molecule has 0 N–H and O–H groups in total. The summed E-state index contributed by atoms with van der Waals surface area (Å²) in [7, 11) is 5.24.